The van der Waals surface area contributed by atoms with Crippen LogP contribution < -0.4 is 5.32 Å². The standard InChI is InChI=1S/C13H14N2O2/c1-9-5-7-15-13-10(9)3-2-4-11(13)14-8-6-12(16)17/h2-5,7,14H,6,8H2,1H3,(H,16,17). The average Bonchev–Trinajstić information content (AvgIpc) is 2.30. The molecule has 1 heterocycles. The highest BCUT2D eigenvalue weighted by atomic mass is 16.4. The summed E-state index contributed by atoms with van der Waals surface area (Å²) in [5, 5.41) is 12.8. The summed E-state index contributed by atoms with van der Waals surface area (Å²) in [5.74, 6) is -0.804. The van der Waals surface area contributed by atoms with Crippen molar-refractivity contribution in [3.8, 4) is 0 Å². The first kappa shape index (κ1) is 11.4. The maximum absolute atomic E-state index is 10.5. The van der Waals surface area contributed by atoms with Crippen LogP contribution in [-0.2, 0) is 4.79 Å². The van der Waals surface area contributed by atoms with E-state index in [1.807, 2.05) is 31.2 Å². The molecule has 0 radical (unpaired) electrons. The van der Waals surface area contributed by atoms with E-state index in [0.717, 1.165) is 22.2 Å². The molecule has 1 aromatic carbocycles. The number of rotatable bonds is 4. The molecule has 0 saturated heterocycles. The van der Waals surface area contributed by atoms with Crippen LogP contribution in [-0.4, -0.2) is 22.6 Å². The van der Waals surface area contributed by atoms with Gasteiger partial charge < -0.3 is 10.4 Å². The first-order chi connectivity index (χ1) is 8.18. The number of carboxylic acids is 1. The van der Waals surface area contributed by atoms with Gasteiger partial charge in [-0.3, -0.25) is 9.78 Å². The van der Waals surface area contributed by atoms with Crippen molar-refractivity contribution in [2.45, 2.75) is 13.3 Å². The number of fused-ring (bicyclic) bond motifs is 1. The molecule has 0 bridgehead atoms. The minimum Gasteiger partial charge on any atom is -0.481 e. The van der Waals surface area contributed by atoms with E-state index in [0.29, 0.717) is 6.54 Å². The molecule has 2 rings (SSSR count). The largest absolute Gasteiger partial charge is 0.481 e. The fraction of sp³-hybridized carbons (Fsp3) is 0.231. The van der Waals surface area contributed by atoms with Crippen molar-refractivity contribution in [3.63, 3.8) is 0 Å². The molecule has 2 aromatic rings. The molecule has 4 heteroatoms. The number of para-hydroxylation sites is 1. The Bertz CT molecular complexity index is 552. The Kier molecular flexibility index (Phi) is 3.23. The number of hydrogen-bond acceptors (Lipinski definition) is 3. The molecule has 0 saturated carbocycles. The van der Waals surface area contributed by atoms with Gasteiger partial charge in [0.15, 0.2) is 0 Å². The van der Waals surface area contributed by atoms with Gasteiger partial charge in [0.25, 0.3) is 0 Å². The smallest absolute Gasteiger partial charge is 0.305 e. The second-order valence-corrected chi connectivity index (χ2v) is 3.90. The van der Waals surface area contributed by atoms with Gasteiger partial charge >= 0.3 is 5.97 Å². The van der Waals surface area contributed by atoms with Crippen molar-refractivity contribution < 1.29 is 9.90 Å². The molecule has 0 spiro atoms. The van der Waals surface area contributed by atoms with E-state index >= 15 is 0 Å². The first-order valence-electron chi connectivity index (χ1n) is 5.48. The van der Waals surface area contributed by atoms with Crippen LogP contribution in [0.2, 0.25) is 0 Å². The van der Waals surface area contributed by atoms with E-state index in [4.69, 9.17) is 5.11 Å². The number of aromatic nitrogens is 1. The predicted molar refractivity (Wildman–Crippen MR) is 67.2 cm³/mol. The van der Waals surface area contributed by atoms with E-state index in [1.165, 1.54) is 0 Å². The van der Waals surface area contributed by atoms with E-state index in [-0.39, 0.29) is 6.42 Å². The monoisotopic (exact) mass is 230 g/mol. The molecule has 1 aromatic heterocycles. The second kappa shape index (κ2) is 4.82. The molecule has 0 aliphatic heterocycles. The summed E-state index contributed by atoms with van der Waals surface area (Å²) in [5.41, 5.74) is 2.93. The van der Waals surface area contributed by atoms with Crippen LogP contribution in [0.5, 0.6) is 0 Å². The lowest BCUT2D eigenvalue weighted by molar-refractivity contribution is -0.136. The van der Waals surface area contributed by atoms with Gasteiger partial charge in [-0.25, -0.2) is 0 Å². The number of nitrogens with one attached hydrogen (secondary N) is 1. The van der Waals surface area contributed by atoms with Crippen molar-refractivity contribution in [1.29, 1.82) is 0 Å². The fourth-order valence-corrected chi connectivity index (χ4v) is 1.76. The third-order valence-corrected chi connectivity index (χ3v) is 2.64. The summed E-state index contributed by atoms with van der Waals surface area (Å²) in [6, 6.07) is 7.83. The molecule has 0 aliphatic carbocycles. The molecular weight excluding hydrogens is 216 g/mol. The zero-order valence-electron chi connectivity index (χ0n) is 9.60. The van der Waals surface area contributed by atoms with Gasteiger partial charge in [0.1, 0.15) is 0 Å². The summed E-state index contributed by atoms with van der Waals surface area (Å²) in [7, 11) is 0. The number of aliphatic carboxylic acids is 1. The SMILES string of the molecule is Cc1ccnc2c(NCCC(=O)O)cccc12. The van der Waals surface area contributed by atoms with E-state index < -0.39 is 5.97 Å². The highest BCUT2D eigenvalue weighted by molar-refractivity contribution is 5.92. The molecule has 88 valence electrons. The van der Waals surface area contributed by atoms with Crippen LogP contribution in [0.4, 0.5) is 5.69 Å². The molecule has 17 heavy (non-hydrogen) atoms. The number of hydrogen-bond donors (Lipinski definition) is 2. The van der Waals surface area contributed by atoms with Crippen LogP contribution in [0.15, 0.2) is 30.5 Å². The third kappa shape index (κ3) is 2.53. The first-order valence-corrected chi connectivity index (χ1v) is 5.48. The molecule has 0 atom stereocenters. The molecule has 0 fully saturated rings. The van der Waals surface area contributed by atoms with Gasteiger partial charge in [-0.15, -0.1) is 0 Å². The van der Waals surface area contributed by atoms with E-state index in [2.05, 4.69) is 10.3 Å². The lowest BCUT2D eigenvalue weighted by atomic mass is 10.1. The van der Waals surface area contributed by atoms with Gasteiger partial charge in [0.05, 0.1) is 17.6 Å². The van der Waals surface area contributed by atoms with Crippen molar-refractivity contribution in [1.82, 2.24) is 4.98 Å². The van der Waals surface area contributed by atoms with E-state index in [1.54, 1.807) is 6.20 Å². The summed E-state index contributed by atoms with van der Waals surface area (Å²) in [6.07, 6.45) is 1.86. The molecule has 0 aliphatic rings. The number of pyridine rings is 1. The van der Waals surface area contributed by atoms with Crippen LogP contribution in [0.25, 0.3) is 10.9 Å². The summed E-state index contributed by atoms with van der Waals surface area (Å²) >= 11 is 0. The quantitative estimate of drug-likeness (QED) is 0.846. The summed E-state index contributed by atoms with van der Waals surface area (Å²) in [6.45, 7) is 2.44. The molecule has 4 nitrogen and oxygen atoms in total. The topological polar surface area (TPSA) is 62.2 Å². The van der Waals surface area contributed by atoms with Crippen LogP contribution in [0.1, 0.15) is 12.0 Å². The van der Waals surface area contributed by atoms with Crippen LogP contribution in [0.3, 0.4) is 0 Å². The van der Waals surface area contributed by atoms with Crippen molar-refractivity contribution in [3.05, 3.63) is 36.0 Å². The van der Waals surface area contributed by atoms with Crippen molar-refractivity contribution >= 4 is 22.6 Å². The molecule has 2 N–H and O–H groups in total. The number of anilines is 1. The Morgan fingerprint density at radius 3 is 3.00 bits per heavy atom. The zero-order valence-corrected chi connectivity index (χ0v) is 9.60. The Labute approximate surface area is 99.3 Å². The Morgan fingerprint density at radius 2 is 2.24 bits per heavy atom. The number of carbonyl (C=O) groups is 1. The molecule has 0 amide bonds. The van der Waals surface area contributed by atoms with Gasteiger partial charge in [0, 0.05) is 18.1 Å². The highest BCUT2D eigenvalue weighted by Gasteiger charge is 2.04. The van der Waals surface area contributed by atoms with Gasteiger partial charge in [-0.05, 0) is 24.6 Å². The number of nitrogens with zero attached hydrogens (tertiary/aromatic N) is 1. The van der Waals surface area contributed by atoms with Crippen molar-refractivity contribution in [2.24, 2.45) is 0 Å². The van der Waals surface area contributed by atoms with E-state index in [9.17, 15) is 4.79 Å². The minimum absolute atomic E-state index is 0.0994. The summed E-state index contributed by atoms with van der Waals surface area (Å²) in [4.78, 5) is 14.8. The zero-order chi connectivity index (χ0) is 12.3. The van der Waals surface area contributed by atoms with Crippen molar-refractivity contribution in [2.75, 3.05) is 11.9 Å². The van der Waals surface area contributed by atoms with Gasteiger partial charge in [-0.1, -0.05) is 12.1 Å². The number of aryl methyl sites for hydroxylation is 1. The predicted octanol–water partition coefficient (Wildman–Crippen LogP) is 2.43. The maximum Gasteiger partial charge on any atom is 0.305 e. The Morgan fingerprint density at radius 1 is 1.41 bits per heavy atom. The lowest BCUT2D eigenvalue weighted by Gasteiger charge is -2.09. The average molecular weight is 230 g/mol. The fourth-order valence-electron chi connectivity index (χ4n) is 1.76. The minimum atomic E-state index is -0.804. The maximum atomic E-state index is 10.5. The van der Waals surface area contributed by atoms with Crippen LogP contribution in [0, 0.1) is 6.92 Å². The normalized spacial score (nSPS) is 10.4. The Hall–Kier alpha value is -2.10. The molecule has 0 unspecified atom stereocenters. The lowest BCUT2D eigenvalue weighted by Crippen LogP contribution is -2.08. The molecular formula is C13H14N2O2. The second-order valence-electron chi connectivity index (χ2n) is 3.90. The van der Waals surface area contributed by atoms with Crippen LogP contribution >= 0.6 is 0 Å². The number of benzene rings is 1. The Balaban J connectivity index is 2.28. The van der Waals surface area contributed by atoms with Gasteiger partial charge in [-0.2, -0.15) is 0 Å². The highest BCUT2D eigenvalue weighted by Crippen LogP contribution is 2.23. The number of carboxylic acid groups (broad SMARTS) is 1. The summed E-state index contributed by atoms with van der Waals surface area (Å²) < 4.78 is 0. The third-order valence-electron chi connectivity index (χ3n) is 2.64. The van der Waals surface area contributed by atoms with Gasteiger partial charge in [0.2, 0.25) is 0 Å².